The summed E-state index contributed by atoms with van der Waals surface area (Å²) >= 11 is 5.81. The minimum absolute atomic E-state index is 0.388. The third kappa shape index (κ3) is 3.37. The van der Waals surface area contributed by atoms with Gasteiger partial charge in [0.25, 0.3) is 0 Å². The molecule has 0 radical (unpaired) electrons. The Morgan fingerprint density at radius 2 is 1.89 bits per heavy atom. The molecular formula is C14H13ClO3. The molecule has 0 spiro atoms. The van der Waals surface area contributed by atoms with E-state index in [4.69, 9.17) is 20.8 Å². The monoisotopic (exact) mass is 264 g/mol. The normalized spacial score (nSPS) is 10.3. The summed E-state index contributed by atoms with van der Waals surface area (Å²) in [5.41, 5.74) is 0.755. The predicted octanol–water partition coefficient (Wildman–Crippen LogP) is 3.09. The quantitative estimate of drug-likeness (QED) is 0.852. The molecule has 18 heavy (non-hydrogen) atoms. The topological polar surface area (TPSA) is 39.4 Å². The van der Waals surface area contributed by atoms with Crippen LogP contribution in [0.1, 0.15) is 11.3 Å². The molecule has 1 aromatic carbocycles. The van der Waals surface area contributed by atoms with E-state index in [1.165, 1.54) is 13.2 Å². The average molecular weight is 265 g/mol. The van der Waals surface area contributed by atoms with Gasteiger partial charge in [0.05, 0.1) is 13.2 Å². The van der Waals surface area contributed by atoms with Crippen LogP contribution in [0.4, 0.5) is 0 Å². The maximum Gasteiger partial charge on any atom is 0.339 e. The van der Waals surface area contributed by atoms with Crippen molar-refractivity contribution in [2.24, 2.45) is 0 Å². The van der Waals surface area contributed by atoms with Crippen LogP contribution in [0.2, 0.25) is 5.02 Å². The molecule has 2 rings (SSSR count). The van der Waals surface area contributed by atoms with Gasteiger partial charge in [-0.05, 0) is 24.1 Å². The molecule has 0 N–H and O–H groups in total. The standard InChI is InChI=1S/C14H13ClO3/c1-17-13-8-12(18-14(16)9-13)7-4-10-2-5-11(15)6-3-10/h2-3,5-6,8-9H,4,7H2,1H3. The summed E-state index contributed by atoms with van der Waals surface area (Å²) in [7, 11) is 1.53. The van der Waals surface area contributed by atoms with Crippen molar-refractivity contribution in [3.8, 4) is 5.75 Å². The van der Waals surface area contributed by atoms with Gasteiger partial charge < -0.3 is 9.15 Å². The lowest BCUT2D eigenvalue weighted by molar-refractivity contribution is 0.392. The van der Waals surface area contributed by atoms with Crippen LogP contribution in [0.5, 0.6) is 5.75 Å². The number of benzene rings is 1. The van der Waals surface area contributed by atoms with E-state index in [0.717, 1.165) is 12.0 Å². The summed E-state index contributed by atoms with van der Waals surface area (Å²) in [6.45, 7) is 0. The fourth-order valence-electron chi connectivity index (χ4n) is 1.66. The Morgan fingerprint density at radius 3 is 2.56 bits per heavy atom. The van der Waals surface area contributed by atoms with E-state index in [1.54, 1.807) is 6.07 Å². The van der Waals surface area contributed by atoms with E-state index in [1.807, 2.05) is 24.3 Å². The molecule has 0 saturated heterocycles. The number of hydrogen-bond donors (Lipinski definition) is 0. The molecule has 0 fully saturated rings. The smallest absolute Gasteiger partial charge is 0.339 e. The van der Waals surface area contributed by atoms with Crippen LogP contribution >= 0.6 is 11.6 Å². The average Bonchev–Trinajstić information content (AvgIpc) is 2.37. The van der Waals surface area contributed by atoms with Crippen LogP contribution in [0.15, 0.2) is 45.6 Å². The number of aryl methyl sites for hydroxylation is 2. The summed E-state index contributed by atoms with van der Waals surface area (Å²) < 4.78 is 10.1. The van der Waals surface area contributed by atoms with Gasteiger partial charge in [0.1, 0.15) is 11.5 Å². The van der Waals surface area contributed by atoms with Crippen LogP contribution in [-0.2, 0) is 12.8 Å². The highest BCUT2D eigenvalue weighted by atomic mass is 35.5. The Kier molecular flexibility index (Phi) is 4.05. The van der Waals surface area contributed by atoms with E-state index >= 15 is 0 Å². The molecule has 3 nitrogen and oxygen atoms in total. The molecule has 0 atom stereocenters. The predicted molar refractivity (Wildman–Crippen MR) is 70.4 cm³/mol. The zero-order chi connectivity index (χ0) is 13.0. The number of rotatable bonds is 4. The van der Waals surface area contributed by atoms with Gasteiger partial charge in [-0.25, -0.2) is 4.79 Å². The molecule has 0 bridgehead atoms. The summed E-state index contributed by atoms with van der Waals surface area (Å²) in [5, 5.41) is 0.715. The highest BCUT2D eigenvalue weighted by Crippen LogP contribution is 2.14. The molecule has 0 aliphatic rings. The minimum Gasteiger partial charge on any atom is -0.496 e. The van der Waals surface area contributed by atoms with Crippen LogP contribution in [0, 0.1) is 0 Å². The third-order valence-corrected chi connectivity index (χ3v) is 2.86. The molecule has 0 aliphatic heterocycles. The lowest BCUT2D eigenvalue weighted by Gasteiger charge is -2.03. The van der Waals surface area contributed by atoms with Crippen molar-refractivity contribution in [3.05, 3.63) is 63.2 Å². The van der Waals surface area contributed by atoms with E-state index in [2.05, 4.69) is 0 Å². The fourth-order valence-corrected chi connectivity index (χ4v) is 1.79. The Bertz CT molecular complexity index is 572. The first-order valence-electron chi connectivity index (χ1n) is 5.60. The highest BCUT2D eigenvalue weighted by molar-refractivity contribution is 6.30. The maximum atomic E-state index is 11.3. The summed E-state index contributed by atoms with van der Waals surface area (Å²) in [6.07, 6.45) is 1.43. The van der Waals surface area contributed by atoms with Crippen molar-refractivity contribution in [2.75, 3.05) is 7.11 Å². The van der Waals surface area contributed by atoms with Gasteiger partial charge in [0, 0.05) is 17.5 Å². The Balaban J connectivity index is 2.08. The number of ether oxygens (including phenoxy) is 1. The zero-order valence-corrected chi connectivity index (χ0v) is 10.7. The Hall–Kier alpha value is -1.74. The first-order valence-corrected chi connectivity index (χ1v) is 5.97. The lowest BCUT2D eigenvalue weighted by atomic mass is 10.1. The summed E-state index contributed by atoms with van der Waals surface area (Å²) in [6, 6.07) is 10.7. The first kappa shape index (κ1) is 12.7. The number of hydrogen-bond acceptors (Lipinski definition) is 3. The molecule has 94 valence electrons. The third-order valence-electron chi connectivity index (χ3n) is 2.60. The SMILES string of the molecule is COc1cc(CCc2ccc(Cl)cc2)oc(=O)c1. The van der Waals surface area contributed by atoms with E-state index in [0.29, 0.717) is 23.0 Å². The van der Waals surface area contributed by atoms with Crippen molar-refractivity contribution in [1.29, 1.82) is 0 Å². The van der Waals surface area contributed by atoms with Crippen LogP contribution < -0.4 is 10.4 Å². The van der Waals surface area contributed by atoms with Gasteiger partial charge in [0.15, 0.2) is 0 Å². The molecule has 1 heterocycles. The second kappa shape index (κ2) is 5.74. The van der Waals surface area contributed by atoms with Crippen molar-refractivity contribution >= 4 is 11.6 Å². The summed E-state index contributed by atoms with van der Waals surface area (Å²) in [5.74, 6) is 1.15. The van der Waals surface area contributed by atoms with Crippen molar-refractivity contribution in [2.45, 2.75) is 12.8 Å². The van der Waals surface area contributed by atoms with E-state index in [-0.39, 0.29) is 5.63 Å². The molecule has 0 unspecified atom stereocenters. The van der Waals surface area contributed by atoms with Crippen molar-refractivity contribution in [1.82, 2.24) is 0 Å². The van der Waals surface area contributed by atoms with Gasteiger partial charge in [-0.3, -0.25) is 0 Å². The molecule has 0 amide bonds. The second-order valence-corrected chi connectivity index (χ2v) is 4.35. The van der Waals surface area contributed by atoms with Gasteiger partial charge in [0.2, 0.25) is 0 Å². The fraction of sp³-hybridized carbons (Fsp3) is 0.214. The Morgan fingerprint density at radius 1 is 1.17 bits per heavy atom. The molecule has 0 saturated carbocycles. The number of methoxy groups -OCH3 is 1. The second-order valence-electron chi connectivity index (χ2n) is 3.91. The van der Waals surface area contributed by atoms with Crippen LogP contribution in [0.3, 0.4) is 0 Å². The van der Waals surface area contributed by atoms with Crippen LogP contribution in [0.25, 0.3) is 0 Å². The first-order chi connectivity index (χ1) is 8.67. The molecule has 2 aromatic rings. The lowest BCUT2D eigenvalue weighted by Crippen LogP contribution is -2.02. The van der Waals surface area contributed by atoms with E-state index < -0.39 is 0 Å². The molecule has 1 aromatic heterocycles. The van der Waals surface area contributed by atoms with Gasteiger partial charge in [-0.15, -0.1) is 0 Å². The van der Waals surface area contributed by atoms with Gasteiger partial charge in [-0.1, -0.05) is 23.7 Å². The molecule has 4 heteroatoms. The van der Waals surface area contributed by atoms with E-state index in [9.17, 15) is 4.79 Å². The number of halogens is 1. The van der Waals surface area contributed by atoms with Gasteiger partial charge in [-0.2, -0.15) is 0 Å². The minimum atomic E-state index is -0.388. The van der Waals surface area contributed by atoms with Gasteiger partial charge >= 0.3 is 5.63 Å². The van der Waals surface area contributed by atoms with Crippen LogP contribution in [-0.4, -0.2) is 7.11 Å². The molecule has 0 aliphatic carbocycles. The summed E-state index contributed by atoms with van der Waals surface area (Å²) in [4.78, 5) is 11.3. The molecular weight excluding hydrogens is 252 g/mol. The van der Waals surface area contributed by atoms with Crippen molar-refractivity contribution < 1.29 is 9.15 Å². The highest BCUT2D eigenvalue weighted by Gasteiger charge is 2.03. The van der Waals surface area contributed by atoms with Crippen molar-refractivity contribution in [3.63, 3.8) is 0 Å². The Labute approximate surface area is 110 Å². The largest absolute Gasteiger partial charge is 0.496 e. The maximum absolute atomic E-state index is 11.3. The zero-order valence-electron chi connectivity index (χ0n) is 9.98.